The van der Waals surface area contributed by atoms with Crippen molar-refractivity contribution in [2.75, 3.05) is 31.1 Å². The highest BCUT2D eigenvalue weighted by molar-refractivity contribution is 7.10. The van der Waals surface area contributed by atoms with Crippen molar-refractivity contribution in [3.8, 4) is 0 Å². The van der Waals surface area contributed by atoms with Crippen molar-refractivity contribution in [1.29, 1.82) is 0 Å². The van der Waals surface area contributed by atoms with Crippen molar-refractivity contribution in [1.82, 2.24) is 25.1 Å². The minimum Gasteiger partial charge on any atom is -0.369 e. The first kappa shape index (κ1) is 20.8. The molecule has 3 heterocycles. The zero-order valence-electron chi connectivity index (χ0n) is 17.7. The van der Waals surface area contributed by atoms with Crippen LogP contribution in [0.2, 0.25) is 0 Å². The van der Waals surface area contributed by atoms with Gasteiger partial charge in [0.2, 0.25) is 0 Å². The molecule has 2 aromatic heterocycles. The van der Waals surface area contributed by atoms with E-state index in [0.717, 1.165) is 50.7 Å². The predicted octanol–water partition coefficient (Wildman–Crippen LogP) is 4.03. The number of tetrazole rings is 1. The van der Waals surface area contributed by atoms with Crippen molar-refractivity contribution in [3.63, 3.8) is 0 Å². The van der Waals surface area contributed by atoms with Crippen molar-refractivity contribution in [2.45, 2.75) is 19.0 Å². The molecule has 0 radical (unpaired) electrons. The van der Waals surface area contributed by atoms with Crippen LogP contribution in [0.4, 0.5) is 10.1 Å². The summed E-state index contributed by atoms with van der Waals surface area (Å²) in [6.07, 6.45) is 0.883. The summed E-state index contributed by atoms with van der Waals surface area (Å²) in [6.45, 7) is 4.25. The SMILES string of the molecule is Fc1ccc(N2CCN([C@@H](c3cccs3)c3nnnn3CCc3ccccc3)CC2)cc1. The van der Waals surface area contributed by atoms with Gasteiger partial charge in [-0.15, -0.1) is 16.4 Å². The smallest absolute Gasteiger partial charge is 0.173 e. The van der Waals surface area contributed by atoms with Gasteiger partial charge in [0.1, 0.15) is 11.9 Å². The van der Waals surface area contributed by atoms with E-state index in [1.54, 1.807) is 11.3 Å². The molecule has 32 heavy (non-hydrogen) atoms. The quantitative estimate of drug-likeness (QED) is 0.427. The Hall–Kier alpha value is -3.10. The van der Waals surface area contributed by atoms with Crippen LogP contribution in [-0.2, 0) is 13.0 Å². The first-order valence-electron chi connectivity index (χ1n) is 10.9. The standard InChI is InChI=1S/C24H25FN6S/c25-20-8-10-21(11-9-20)29-14-16-30(17-15-29)23(22-7-4-18-32-22)24-26-27-28-31(24)13-12-19-5-2-1-3-6-19/h1-11,18,23H,12-17H2/t23-/m0/s1. The lowest BCUT2D eigenvalue weighted by molar-refractivity contribution is 0.203. The molecule has 5 rings (SSSR count). The minimum atomic E-state index is -0.201. The normalized spacial score (nSPS) is 15.7. The number of piperazine rings is 1. The average Bonchev–Trinajstić information content (AvgIpc) is 3.53. The summed E-state index contributed by atoms with van der Waals surface area (Å²) < 4.78 is 15.2. The maximum Gasteiger partial charge on any atom is 0.173 e. The molecule has 0 unspecified atom stereocenters. The van der Waals surface area contributed by atoms with Crippen LogP contribution >= 0.6 is 11.3 Å². The van der Waals surface area contributed by atoms with Crippen molar-refractivity contribution < 1.29 is 4.39 Å². The van der Waals surface area contributed by atoms with Gasteiger partial charge < -0.3 is 4.90 Å². The summed E-state index contributed by atoms with van der Waals surface area (Å²) in [5.74, 6) is 0.686. The third-order valence-corrected chi connectivity index (χ3v) is 6.87. The van der Waals surface area contributed by atoms with E-state index in [4.69, 9.17) is 0 Å². The number of benzene rings is 2. The molecule has 1 aliphatic rings. The topological polar surface area (TPSA) is 50.1 Å². The van der Waals surface area contributed by atoms with Gasteiger partial charge in [-0.25, -0.2) is 9.07 Å². The van der Waals surface area contributed by atoms with Crippen LogP contribution in [0.5, 0.6) is 0 Å². The molecule has 1 aliphatic heterocycles. The third kappa shape index (κ3) is 4.56. The summed E-state index contributed by atoms with van der Waals surface area (Å²) >= 11 is 1.74. The molecular formula is C24H25FN6S. The number of hydrogen-bond acceptors (Lipinski definition) is 6. The molecule has 8 heteroatoms. The van der Waals surface area contributed by atoms with Gasteiger partial charge in [0.05, 0.1) is 0 Å². The Morgan fingerprint density at radius 3 is 2.41 bits per heavy atom. The van der Waals surface area contributed by atoms with Crippen LogP contribution in [0, 0.1) is 5.82 Å². The van der Waals surface area contributed by atoms with E-state index in [0.29, 0.717) is 0 Å². The lowest BCUT2D eigenvalue weighted by Crippen LogP contribution is -2.48. The summed E-state index contributed by atoms with van der Waals surface area (Å²) in [4.78, 5) is 6.01. The summed E-state index contributed by atoms with van der Waals surface area (Å²) in [5.41, 5.74) is 2.33. The van der Waals surface area contributed by atoms with Gasteiger partial charge in [0.25, 0.3) is 0 Å². The van der Waals surface area contributed by atoms with Gasteiger partial charge in [-0.3, -0.25) is 4.90 Å². The average molecular weight is 449 g/mol. The van der Waals surface area contributed by atoms with E-state index in [1.807, 2.05) is 22.9 Å². The van der Waals surface area contributed by atoms with Crippen LogP contribution < -0.4 is 4.90 Å². The zero-order chi connectivity index (χ0) is 21.8. The van der Waals surface area contributed by atoms with Crippen LogP contribution in [0.25, 0.3) is 0 Å². The highest BCUT2D eigenvalue weighted by Gasteiger charge is 2.31. The molecule has 1 atom stereocenters. The zero-order valence-corrected chi connectivity index (χ0v) is 18.5. The monoisotopic (exact) mass is 448 g/mol. The first-order valence-corrected chi connectivity index (χ1v) is 11.7. The van der Waals surface area contributed by atoms with Crippen LogP contribution in [0.1, 0.15) is 22.3 Å². The van der Waals surface area contributed by atoms with Crippen LogP contribution in [0.3, 0.4) is 0 Å². The number of anilines is 1. The highest BCUT2D eigenvalue weighted by Crippen LogP contribution is 2.32. The molecule has 2 aromatic carbocycles. The van der Waals surface area contributed by atoms with Crippen LogP contribution in [-0.4, -0.2) is 51.3 Å². The van der Waals surface area contributed by atoms with Gasteiger partial charge in [0.15, 0.2) is 5.82 Å². The fourth-order valence-corrected chi connectivity index (χ4v) is 5.11. The molecule has 0 aliphatic carbocycles. The molecule has 164 valence electrons. The summed E-state index contributed by atoms with van der Waals surface area (Å²) in [5, 5.41) is 14.9. The fourth-order valence-electron chi connectivity index (χ4n) is 4.25. The largest absolute Gasteiger partial charge is 0.369 e. The molecule has 1 fully saturated rings. The van der Waals surface area contributed by atoms with Gasteiger partial charge in [0, 0.05) is 43.3 Å². The minimum absolute atomic E-state index is 0.0242. The molecular weight excluding hydrogens is 423 g/mol. The Labute approximate surface area is 190 Å². The maximum absolute atomic E-state index is 13.3. The summed E-state index contributed by atoms with van der Waals surface area (Å²) in [6, 6.07) is 21.4. The molecule has 1 saturated heterocycles. The number of aryl methyl sites for hydroxylation is 2. The second-order valence-electron chi connectivity index (χ2n) is 7.91. The molecule has 0 bridgehead atoms. The predicted molar refractivity (Wildman–Crippen MR) is 124 cm³/mol. The Morgan fingerprint density at radius 2 is 1.69 bits per heavy atom. The lowest BCUT2D eigenvalue weighted by Gasteiger charge is -2.39. The molecule has 6 nitrogen and oxygen atoms in total. The number of thiophene rings is 1. The fraction of sp³-hybridized carbons (Fsp3) is 0.292. The van der Waals surface area contributed by atoms with E-state index >= 15 is 0 Å². The second kappa shape index (κ2) is 9.58. The van der Waals surface area contributed by atoms with E-state index in [-0.39, 0.29) is 11.9 Å². The maximum atomic E-state index is 13.3. The molecule has 0 N–H and O–H groups in total. The number of aromatic nitrogens is 4. The van der Waals surface area contributed by atoms with E-state index < -0.39 is 0 Å². The van der Waals surface area contributed by atoms with E-state index in [2.05, 4.69) is 67.1 Å². The Morgan fingerprint density at radius 1 is 0.906 bits per heavy atom. The number of nitrogens with zero attached hydrogens (tertiary/aromatic N) is 6. The van der Waals surface area contributed by atoms with Crippen molar-refractivity contribution in [2.24, 2.45) is 0 Å². The molecule has 0 saturated carbocycles. The molecule has 4 aromatic rings. The second-order valence-corrected chi connectivity index (χ2v) is 8.89. The van der Waals surface area contributed by atoms with Crippen LogP contribution in [0.15, 0.2) is 72.1 Å². The third-order valence-electron chi connectivity index (χ3n) is 5.94. The van der Waals surface area contributed by atoms with Gasteiger partial charge in [-0.05, 0) is 58.1 Å². The summed E-state index contributed by atoms with van der Waals surface area (Å²) in [7, 11) is 0. The van der Waals surface area contributed by atoms with E-state index in [9.17, 15) is 4.39 Å². The highest BCUT2D eigenvalue weighted by atomic mass is 32.1. The van der Waals surface area contributed by atoms with Gasteiger partial charge in [-0.1, -0.05) is 36.4 Å². The first-order chi connectivity index (χ1) is 15.8. The Balaban J connectivity index is 1.34. The lowest BCUT2D eigenvalue weighted by atomic mass is 10.1. The number of rotatable bonds is 7. The van der Waals surface area contributed by atoms with E-state index in [1.165, 1.54) is 22.6 Å². The number of halogens is 1. The molecule has 0 amide bonds. The Kier molecular flexibility index (Phi) is 6.22. The molecule has 0 spiro atoms. The van der Waals surface area contributed by atoms with Gasteiger partial charge in [-0.2, -0.15) is 0 Å². The van der Waals surface area contributed by atoms with Crippen molar-refractivity contribution in [3.05, 3.63) is 94.2 Å². The van der Waals surface area contributed by atoms with Gasteiger partial charge >= 0.3 is 0 Å². The number of hydrogen-bond donors (Lipinski definition) is 0. The Bertz CT molecular complexity index is 1110. The van der Waals surface area contributed by atoms with Crippen molar-refractivity contribution >= 4 is 17.0 Å².